The maximum atomic E-state index is 2.71. The van der Waals surface area contributed by atoms with Crippen LogP contribution in [0.3, 0.4) is 0 Å². The number of fused-ring (bicyclic) bond motifs is 3. The highest BCUT2D eigenvalue weighted by Crippen LogP contribution is 2.48. The van der Waals surface area contributed by atoms with Gasteiger partial charge in [-0.2, -0.15) is 0 Å². The summed E-state index contributed by atoms with van der Waals surface area (Å²) in [6, 6.07) is 9.98. The Morgan fingerprint density at radius 1 is 0.957 bits per heavy atom. The van der Waals surface area contributed by atoms with Crippen LogP contribution in [-0.2, 0) is 0 Å². The largest absolute Gasteiger partial charge is 0.360 e. The van der Waals surface area contributed by atoms with E-state index in [-0.39, 0.29) is 5.41 Å². The topological polar surface area (TPSA) is 3.24 Å². The van der Waals surface area contributed by atoms with Crippen molar-refractivity contribution in [2.24, 2.45) is 10.8 Å². The standard InChI is InChI=1S/C22H31N/c1-21(2,3)15-20(22(4,5)6)23-18-13-9-7-11-16(18)17-12-8-10-14-19(17)23/h7-14,16,18,20H,15H2,1-6H3. The maximum Gasteiger partial charge on any atom is 0.0583 e. The molecule has 1 nitrogen and oxygen atoms in total. The van der Waals surface area contributed by atoms with Crippen LogP contribution in [-0.4, -0.2) is 12.1 Å². The lowest BCUT2D eigenvalue weighted by Gasteiger charge is -2.46. The van der Waals surface area contributed by atoms with Crippen LogP contribution in [0.2, 0.25) is 0 Å². The van der Waals surface area contributed by atoms with Crippen LogP contribution in [0.1, 0.15) is 59.4 Å². The third-order valence-electron chi connectivity index (χ3n) is 5.14. The van der Waals surface area contributed by atoms with Gasteiger partial charge in [0.2, 0.25) is 0 Å². The predicted molar refractivity (Wildman–Crippen MR) is 101 cm³/mol. The molecule has 1 aliphatic heterocycles. The van der Waals surface area contributed by atoms with E-state index in [4.69, 9.17) is 0 Å². The van der Waals surface area contributed by atoms with Crippen LogP contribution in [0, 0.1) is 10.8 Å². The van der Waals surface area contributed by atoms with Gasteiger partial charge in [-0.3, -0.25) is 0 Å². The average Bonchev–Trinajstić information content (AvgIpc) is 2.77. The van der Waals surface area contributed by atoms with Gasteiger partial charge in [-0.25, -0.2) is 0 Å². The normalized spacial score (nSPS) is 24.5. The summed E-state index contributed by atoms with van der Waals surface area (Å²) in [5.41, 5.74) is 3.48. The maximum absolute atomic E-state index is 2.71. The predicted octanol–water partition coefficient (Wildman–Crippen LogP) is 5.94. The molecule has 124 valence electrons. The van der Waals surface area contributed by atoms with Gasteiger partial charge in [-0.05, 0) is 28.9 Å². The molecule has 0 fully saturated rings. The first-order chi connectivity index (χ1) is 10.7. The van der Waals surface area contributed by atoms with Crippen LogP contribution in [0.5, 0.6) is 0 Å². The van der Waals surface area contributed by atoms with E-state index in [0.29, 0.717) is 23.4 Å². The monoisotopic (exact) mass is 309 g/mol. The molecule has 1 heteroatoms. The van der Waals surface area contributed by atoms with Crippen LogP contribution in [0.15, 0.2) is 48.6 Å². The number of anilines is 1. The zero-order valence-corrected chi connectivity index (χ0v) is 15.5. The van der Waals surface area contributed by atoms with Gasteiger partial charge in [0.25, 0.3) is 0 Å². The smallest absolute Gasteiger partial charge is 0.0583 e. The average molecular weight is 309 g/mol. The Morgan fingerprint density at radius 3 is 2.26 bits per heavy atom. The minimum Gasteiger partial charge on any atom is -0.360 e. The number of benzene rings is 1. The van der Waals surface area contributed by atoms with Crippen molar-refractivity contribution < 1.29 is 0 Å². The quantitative estimate of drug-likeness (QED) is 0.654. The Bertz CT molecular complexity index is 624. The highest BCUT2D eigenvalue weighted by molar-refractivity contribution is 5.66. The number of rotatable bonds is 2. The fraction of sp³-hybridized carbons (Fsp3) is 0.545. The van der Waals surface area contributed by atoms with E-state index in [9.17, 15) is 0 Å². The van der Waals surface area contributed by atoms with Gasteiger partial charge in [0.05, 0.1) is 6.04 Å². The molecule has 23 heavy (non-hydrogen) atoms. The Labute approximate surface area is 142 Å². The first-order valence-corrected chi connectivity index (χ1v) is 8.91. The van der Waals surface area contributed by atoms with E-state index < -0.39 is 0 Å². The van der Waals surface area contributed by atoms with E-state index >= 15 is 0 Å². The second-order valence-corrected chi connectivity index (χ2v) is 9.40. The van der Waals surface area contributed by atoms with Gasteiger partial charge in [0.1, 0.15) is 0 Å². The molecule has 0 aromatic heterocycles. The molecule has 0 N–H and O–H groups in total. The first kappa shape index (κ1) is 16.4. The Morgan fingerprint density at radius 2 is 1.61 bits per heavy atom. The number of hydrogen-bond acceptors (Lipinski definition) is 1. The molecule has 0 bridgehead atoms. The van der Waals surface area contributed by atoms with Gasteiger partial charge >= 0.3 is 0 Å². The van der Waals surface area contributed by atoms with Crippen molar-refractivity contribution in [1.29, 1.82) is 0 Å². The van der Waals surface area contributed by atoms with Crippen molar-refractivity contribution in [2.45, 2.75) is 66.0 Å². The third-order valence-corrected chi connectivity index (χ3v) is 5.14. The van der Waals surface area contributed by atoms with E-state index in [1.165, 1.54) is 17.7 Å². The Balaban J connectivity index is 2.08. The highest BCUT2D eigenvalue weighted by atomic mass is 15.2. The van der Waals surface area contributed by atoms with Crippen LogP contribution >= 0.6 is 0 Å². The molecule has 3 rings (SSSR count). The fourth-order valence-corrected chi connectivity index (χ4v) is 4.09. The molecule has 3 unspecified atom stereocenters. The molecule has 1 aromatic carbocycles. The molecule has 0 saturated carbocycles. The van der Waals surface area contributed by atoms with Crippen LogP contribution in [0.25, 0.3) is 0 Å². The number of hydrogen-bond donors (Lipinski definition) is 0. The molecule has 3 atom stereocenters. The van der Waals surface area contributed by atoms with Gasteiger partial charge in [-0.15, -0.1) is 0 Å². The lowest BCUT2D eigenvalue weighted by molar-refractivity contribution is 0.215. The fourth-order valence-electron chi connectivity index (χ4n) is 4.09. The summed E-state index contributed by atoms with van der Waals surface area (Å²) >= 11 is 0. The minimum absolute atomic E-state index is 0.240. The Hall–Kier alpha value is -1.50. The second kappa shape index (κ2) is 5.54. The van der Waals surface area contributed by atoms with E-state index in [2.05, 4.69) is 95.0 Å². The summed E-state index contributed by atoms with van der Waals surface area (Å²) in [7, 11) is 0. The molecule has 0 amide bonds. The van der Waals surface area contributed by atoms with Crippen LogP contribution in [0.4, 0.5) is 5.69 Å². The zero-order chi connectivity index (χ0) is 16.8. The van der Waals surface area contributed by atoms with Crippen molar-refractivity contribution in [3.63, 3.8) is 0 Å². The second-order valence-electron chi connectivity index (χ2n) is 9.40. The van der Waals surface area contributed by atoms with E-state index in [1.807, 2.05) is 0 Å². The van der Waals surface area contributed by atoms with E-state index in [1.54, 1.807) is 0 Å². The van der Waals surface area contributed by atoms with Crippen molar-refractivity contribution in [2.75, 3.05) is 4.90 Å². The molecular formula is C22H31N. The number of para-hydroxylation sites is 1. The summed E-state index contributed by atoms with van der Waals surface area (Å²) in [5.74, 6) is 0.501. The third kappa shape index (κ3) is 3.11. The van der Waals surface area contributed by atoms with Gasteiger partial charge < -0.3 is 4.90 Å². The van der Waals surface area contributed by atoms with Gasteiger partial charge in [-0.1, -0.05) is 84.0 Å². The molecule has 1 aromatic rings. The lowest BCUT2D eigenvalue weighted by atomic mass is 9.75. The van der Waals surface area contributed by atoms with Crippen molar-refractivity contribution in [3.8, 4) is 0 Å². The zero-order valence-electron chi connectivity index (χ0n) is 15.5. The summed E-state index contributed by atoms with van der Waals surface area (Å²) in [5, 5.41) is 0. The molecule has 2 aliphatic rings. The van der Waals surface area contributed by atoms with E-state index in [0.717, 1.165) is 0 Å². The molecule has 1 heterocycles. The van der Waals surface area contributed by atoms with Crippen molar-refractivity contribution >= 4 is 5.69 Å². The first-order valence-electron chi connectivity index (χ1n) is 8.91. The highest BCUT2D eigenvalue weighted by Gasteiger charge is 2.44. The SMILES string of the molecule is CC(C)(C)CC(N1c2ccccc2C2C=CC=CC21)C(C)(C)C. The molecule has 0 radical (unpaired) electrons. The lowest BCUT2D eigenvalue weighted by Crippen LogP contribution is -2.50. The molecule has 1 aliphatic carbocycles. The van der Waals surface area contributed by atoms with Crippen molar-refractivity contribution in [3.05, 3.63) is 54.1 Å². The molecular weight excluding hydrogens is 278 g/mol. The van der Waals surface area contributed by atoms with Gasteiger partial charge in [0, 0.05) is 17.6 Å². The summed E-state index contributed by atoms with van der Waals surface area (Å²) in [4.78, 5) is 2.71. The Kier molecular flexibility index (Phi) is 3.94. The molecule has 0 spiro atoms. The summed E-state index contributed by atoms with van der Waals surface area (Å²) in [6.07, 6.45) is 10.4. The molecule has 0 saturated heterocycles. The van der Waals surface area contributed by atoms with Crippen molar-refractivity contribution in [1.82, 2.24) is 0 Å². The number of nitrogens with zero attached hydrogens (tertiary/aromatic N) is 1. The summed E-state index contributed by atoms with van der Waals surface area (Å²) < 4.78 is 0. The van der Waals surface area contributed by atoms with Crippen LogP contribution < -0.4 is 4.90 Å². The van der Waals surface area contributed by atoms with Gasteiger partial charge in [0.15, 0.2) is 0 Å². The number of allylic oxidation sites excluding steroid dienone is 2. The summed E-state index contributed by atoms with van der Waals surface area (Å²) in [6.45, 7) is 14.3. The minimum atomic E-state index is 0.240.